The predicted octanol–water partition coefficient (Wildman–Crippen LogP) is 7.89. The summed E-state index contributed by atoms with van der Waals surface area (Å²) >= 11 is 12.4. The Bertz CT molecular complexity index is 1560. The molecule has 6 nitrogen and oxygen atoms in total. The molecular formula is C32H32Cl2FNO5. The monoisotopic (exact) mass is 599 g/mol. The first-order valence-corrected chi connectivity index (χ1v) is 14.3. The van der Waals surface area contributed by atoms with E-state index in [1.807, 2.05) is 13.0 Å². The molecule has 0 saturated heterocycles. The molecular weight excluding hydrogens is 568 g/mol. The van der Waals surface area contributed by atoms with Crippen LogP contribution < -0.4 is 9.64 Å². The average molecular weight is 601 g/mol. The number of aryl methyl sites for hydroxylation is 1. The van der Waals surface area contributed by atoms with Crippen molar-refractivity contribution in [1.82, 2.24) is 0 Å². The van der Waals surface area contributed by atoms with Crippen LogP contribution in [-0.4, -0.2) is 35.7 Å². The van der Waals surface area contributed by atoms with Crippen LogP contribution in [0.3, 0.4) is 0 Å². The van der Waals surface area contributed by atoms with Crippen LogP contribution in [0.2, 0.25) is 10.0 Å². The number of benzene rings is 3. The lowest BCUT2D eigenvalue weighted by Gasteiger charge is -2.30. The van der Waals surface area contributed by atoms with Crippen molar-refractivity contribution >= 4 is 40.8 Å². The van der Waals surface area contributed by atoms with Crippen molar-refractivity contribution in [2.75, 3.05) is 18.1 Å². The average Bonchev–Trinajstić information content (AvgIpc) is 3.30. The fourth-order valence-electron chi connectivity index (χ4n) is 5.89. The second kappa shape index (κ2) is 10.9. The van der Waals surface area contributed by atoms with Crippen molar-refractivity contribution in [1.29, 1.82) is 0 Å². The van der Waals surface area contributed by atoms with Crippen LogP contribution in [-0.2, 0) is 22.4 Å². The van der Waals surface area contributed by atoms with Crippen LogP contribution >= 0.6 is 23.2 Å². The molecule has 9 heteroatoms. The summed E-state index contributed by atoms with van der Waals surface area (Å²) in [6, 6.07) is 7.94. The maximum atomic E-state index is 15.6. The molecule has 0 bridgehead atoms. The standard InChI is InChI=1S/C32H32Cl2FNO5/c1-16-11-25-22(8-9-36(25)30(37)18-12-19(33)14-20(34)13-18)27(26(16)29(31(38)39)41-32(3,4)5)23-15-24(35)28-21(17(23)2)7-6-10-40-28/h11-15,29H,6-10H2,1-5H3,(H,38,39). The molecule has 5 rings (SSSR count). The summed E-state index contributed by atoms with van der Waals surface area (Å²) in [4.78, 5) is 28.1. The molecule has 2 aliphatic rings. The van der Waals surface area contributed by atoms with Crippen molar-refractivity contribution in [2.24, 2.45) is 0 Å². The number of hydrogen-bond acceptors (Lipinski definition) is 4. The van der Waals surface area contributed by atoms with Crippen LogP contribution in [0.25, 0.3) is 11.1 Å². The van der Waals surface area contributed by atoms with Gasteiger partial charge < -0.3 is 19.5 Å². The largest absolute Gasteiger partial charge is 0.490 e. The highest BCUT2D eigenvalue weighted by Gasteiger charge is 2.37. The van der Waals surface area contributed by atoms with Crippen molar-refractivity contribution in [3.05, 3.63) is 79.6 Å². The number of carboxylic acids is 1. The zero-order valence-electron chi connectivity index (χ0n) is 23.7. The van der Waals surface area contributed by atoms with Gasteiger partial charge in [0.1, 0.15) is 0 Å². The molecule has 41 heavy (non-hydrogen) atoms. The van der Waals surface area contributed by atoms with E-state index in [1.54, 1.807) is 50.8 Å². The first kappa shape index (κ1) is 29.4. The van der Waals surface area contributed by atoms with Crippen LogP contribution in [0.15, 0.2) is 30.3 Å². The lowest BCUT2D eigenvalue weighted by atomic mass is 9.83. The third kappa shape index (κ3) is 5.55. The van der Waals surface area contributed by atoms with Gasteiger partial charge >= 0.3 is 5.97 Å². The summed E-state index contributed by atoms with van der Waals surface area (Å²) in [7, 11) is 0. The van der Waals surface area contributed by atoms with E-state index >= 15 is 4.39 Å². The smallest absolute Gasteiger partial charge is 0.337 e. The van der Waals surface area contributed by atoms with E-state index in [1.165, 1.54) is 6.07 Å². The molecule has 1 amide bonds. The number of ether oxygens (including phenoxy) is 2. The number of anilines is 1. The number of carboxylic acid groups (broad SMARTS) is 1. The normalized spacial score (nSPS) is 15.3. The van der Waals surface area contributed by atoms with Gasteiger partial charge in [0, 0.05) is 39.0 Å². The topological polar surface area (TPSA) is 76.1 Å². The summed E-state index contributed by atoms with van der Waals surface area (Å²) in [6.07, 6.45) is 0.525. The summed E-state index contributed by atoms with van der Waals surface area (Å²) in [5, 5.41) is 11.1. The lowest BCUT2D eigenvalue weighted by Crippen LogP contribution is -2.29. The van der Waals surface area contributed by atoms with Crippen molar-refractivity contribution in [3.63, 3.8) is 0 Å². The molecule has 0 saturated carbocycles. The van der Waals surface area contributed by atoms with Crippen molar-refractivity contribution in [2.45, 2.75) is 65.6 Å². The molecule has 2 aliphatic heterocycles. The molecule has 1 N–H and O–H groups in total. The van der Waals surface area contributed by atoms with E-state index in [9.17, 15) is 14.7 Å². The first-order valence-electron chi connectivity index (χ1n) is 13.6. The van der Waals surface area contributed by atoms with Crippen molar-refractivity contribution in [3.8, 4) is 16.9 Å². The third-order valence-electron chi connectivity index (χ3n) is 7.55. The van der Waals surface area contributed by atoms with Gasteiger partial charge in [0.2, 0.25) is 0 Å². The van der Waals surface area contributed by atoms with Gasteiger partial charge in [-0.1, -0.05) is 23.2 Å². The van der Waals surface area contributed by atoms with Gasteiger partial charge in [0.25, 0.3) is 5.91 Å². The zero-order chi connectivity index (χ0) is 29.8. The van der Waals surface area contributed by atoms with Gasteiger partial charge in [-0.25, -0.2) is 9.18 Å². The van der Waals surface area contributed by atoms with E-state index in [4.69, 9.17) is 32.7 Å². The summed E-state index contributed by atoms with van der Waals surface area (Å²) < 4.78 is 27.3. The fourth-order valence-corrected chi connectivity index (χ4v) is 6.42. The zero-order valence-corrected chi connectivity index (χ0v) is 25.2. The van der Waals surface area contributed by atoms with Crippen LogP contribution in [0, 0.1) is 19.7 Å². The van der Waals surface area contributed by atoms with Crippen LogP contribution in [0.1, 0.15) is 71.5 Å². The summed E-state index contributed by atoms with van der Waals surface area (Å²) in [5.74, 6) is -1.68. The first-order chi connectivity index (χ1) is 19.3. The molecule has 216 valence electrons. The van der Waals surface area contributed by atoms with Crippen LogP contribution in [0.5, 0.6) is 5.75 Å². The van der Waals surface area contributed by atoms with Gasteiger partial charge in [0.05, 0.1) is 12.2 Å². The molecule has 0 aromatic heterocycles. The lowest BCUT2D eigenvalue weighted by molar-refractivity contribution is -0.160. The van der Waals surface area contributed by atoms with Crippen LogP contribution in [0.4, 0.5) is 10.1 Å². The van der Waals surface area contributed by atoms with E-state index in [-0.39, 0.29) is 11.7 Å². The SMILES string of the molecule is Cc1cc2c(c(-c3cc(F)c4c(c3C)CCCO4)c1C(OC(C)(C)C)C(=O)O)CCN2C(=O)c1cc(Cl)cc(Cl)c1. The maximum absolute atomic E-state index is 15.6. The molecule has 3 aromatic rings. The number of rotatable bonds is 5. The molecule has 0 fully saturated rings. The second-order valence-corrected chi connectivity index (χ2v) is 12.5. The second-order valence-electron chi connectivity index (χ2n) is 11.6. The number of aliphatic carboxylic acids is 1. The Labute approximate surface area is 249 Å². The van der Waals surface area contributed by atoms with E-state index in [0.29, 0.717) is 69.5 Å². The minimum absolute atomic E-state index is 0.249. The number of fused-ring (bicyclic) bond motifs is 2. The highest BCUT2D eigenvalue weighted by molar-refractivity contribution is 6.35. The highest BCUT2D eigenvalue weighted by atomic mass is 35.5. The molecule has 1 atom stereocenters. The Balaban J connectivity index is 1.78. The van der Waals surface area contributed by atoms with Gasteiger partial charge in [-0.05, 0) is 112 Å². The maximum Gasteiger partial charge on any atom is 0.337 e. The van der Waals surface area contributed by atoms with E-state index in [2.05, 4.69) is 0 Å². The number of nitrogens with zero attached hydrogens (tertiary/aromatic N) is 1. The van der Waals surface area contributed by atoms with E-state index in [0.717, 1.165) is 23.1 Å². The Morgan fingerprint density at radius 2 is 1.73 bits per heavy atom. The minimum atomic E-state index is -1.32. The van der Waals surface area contributed by atoms with Crippen molar-refractivity contribution < 1.29 is 28.6 Å². The quantitative estimate of drug-likeness (QED) is 0.323. The predicted molar refractivity (Wildman–Crippen MR) is 158 cm³/mol. The Morgan fingerprint density at radius 1 is 1.05 bits per heavy atom. The van der Waals surface area contributed by atoms with Gasteiger partial charge in [0.15, 0.2) is 17.7 Å². The summed E-state index contributed by atoms with van der Waals surface area (Å²) in [5.41, 5.74) is 4.78. The molecule has 1 unspecified atom stereocenters. The number of carbonyl (C=O) groups is 2. The molecule has 3 aromatic carbocycles. The highest BCUT2D eigenvalue weighted by Crippen LogP contribution is 2.48. The number of amides is 1. The Kier molecular flexibility index (Phi) is 7.83. The molecule has 0 spiro atoms. The molecule has 0 aliphatic carbocycles. The van der Waals surface area contributed by atoms with Gasteiger partial charge in [-0.15, -0.1) is 0 Å². The van der Waals surface area contributed by atoms with Gasteiger partial charge in [-0.3, -0.25) is 4.79 Å². The fraction of sp³-hybridized carbons (Fsp3) is 0.375. The molecule has 0 radical (unpaired) electrons. The summed E-state index contributed by atoms with van der Waals surface area (Å²) in [6.45, 7) is 9.88. The number of carbonyl (C=O) groups excluding carboxylic acids is 1. The minimum Gasteiger partial charge on any atom is -0.490 e. The number of halogens is 3. The van der Waals surface area contributed by atoms with E-state index < -0.39 is 23.5 Å². The third-order valence-corrected chi connectivity index (χ3v) is 7.99. The number of hydrogen-bond donors (Lipinski definition) is 1. The van der Waals surface area contributed by atoms with Gasteiger partial charge in [-0.2, -0.15) is 0 Å². The Hall–Kier alpha value is -3.13. The Morgan fingerprint density at radius 3 is 2.37 bits per heavy atom. The molecule has 2 heterocycles.